The average Bonchev–Trinajstić information content (AvgIpc) is 2.86. The lowest BCUT2D eigenvalue weighted by atomic mass is 10.1. The number of methoxy groups -OCH3 is 2. The fourth-order valence-electron chi connectivity index (χ4n) is 3.47. The van der Waals surface area contributed by atoms with E-state index in [0.717, 1.165) is 16.7 Å². The van der Waals surface area contributed by atoms with Crippen molar-refractivity contribution in [2.24, 2.45) is 0 Å². The van der Waals surface area contributed by atoms with E-state index >= 15 is 0 Å². The van der Waals surface area contributed by atoms with E-state index in [1.165, 1.54) is 0 Å². The number of nitrogens with zero attached hydrogens (tertiary/aromatic N) is 2. The van der Waals surface area contributed by atoms with Crippen molar-refractivity contribution in [1.29, 1.82) is 0 Å². The van der Waals surface area contributed by atoms with Crippen LogP contribution in [0.15, 0.2) is 73.1 Å². The summed E-state index contributed by atoms with van der Waals surface area (Å²) >= 11 is 0. The maximum Gasteiger partial charge on any atom is 0.242 e. The Hall–Kier alpha value is -3.87. The Balaban J connectivity index is 1.76. The molecule has 33 heavy (non-hydrogen) atoms. The highest BCUT2D eigenvalue weighted by Gasteiger charge is 2.26. The minimum Gasteiger partial charge on any atom is -0.493 e. The van der Waals surface area contributed by atoms with Crippen LogP contribution in [0.2, 0.25) is 0 Å². The minimum absolute atomic E-state index is 0.134. The standard InChI is InChI=1S/C26H29N3O4/c1-19(26(31)28-17-20-11-13-27-14-12-20)29(18-21-7-5-4-6-8-21)25(30)16-22-9-10-23(32-2)24(15-22)33-3/h4-15,19H,16-18H2,1-3H3,(H,28,31)/t19-/m1/s1. The van der Waals surface area contributed by atoms with Gasteiger partial charge in [-0.25, -0.2) is 0 Å². The molecule has 1 aromatic heterocycles. The van der Waals surface area contributed by atoms with Crippen LogP contribution in [0.4, 0.5) is 0 Å². The van der Waals surface area contributed by atoms with Gasteiger partial charge in [-0.1, -0.05) is 36.4 Å². The van der Waals surface area contributed by atoms with Crippen molar-refractivity contribution in [3.63, 3.8) is 0 Å². The molecule has 7 nitrogen and oxygen atoms in total. The first-order valence-corrected chi connectivity index (χ1v) is 10.7. The molecular formula is C26H29N3O4. The zero-order valence-electron chi connectivity index (χ0n) is 19.2. The lowest BCUT2D eigenvalue weighted by Gasteiger charge is -2.29. The van der Waals surface area contributed by atoms with Gasteiger partial charge in [0.15, 0.2) is 11.5 Å². The molecular weight excluding hydrogens is 418 g/mol. The summed E-state index contributed by atoms with van der Waals surface area (Å²) in [5.41, 5.74) is 2.67. The predicted octanol–water partition coefficient (Wildman–Crippen LogP) is 3.38. The minimum atomic E-state index is -0.653. The molecule has 2 amide bonds. The van der Waals surface area contributed by atoms with E-state index < -0.39 is 6.04 Å². The third-order valence-corrected chi connectivity index (χ3v) is 5.38. The Morgan fingerprint density at radius 3 is 2.27 bits per heavy atom. The van der Waals surface area contributed by atoms with Crippen molar-refractivity contribution >= 4 is 11.8 Å². The molecule has 3 rings (SSSR count). The number of benzene rings is 2. The maximum atomic E-state index is 13.4. The molecule has 7 heteroatoms. The number of nitrogens with one attached hydrogen (secondary N) is 1. The molecule has 0 aliphatic rings. The summed E-state index contributed by atoms with van der Waals surface area (Å²) in [7, 11) is 3.12. The van der Waals surface area contributed by atoms with Gasteiger partial charge in [0, 0.05) is 25.5 Å². The first kappa shape index (κ1) is 23.8. The normalized spacial score (nSPS) is 11.4. The van der Waals surface area contributed by atoms with Gasteiger partial charge in [-0.05, 0) is 47.9 Å². The first-order chi connectivity index (χ1) is 16.0. The zero-order valence-corrected chi connectivity index (χ0v) is 19.2. The molecule has 0 bridgehead atoms. The number of amides is 2. The van der Waals surface area contributed by atoms with E-state index in [1.54, 1.807) is 50.6 Å². The van der Waals surface area contributed by atoms with Gasteiger partial charge in [-0.3, -0.25) is 14.6 Å². The van der Waals surface area contributed by atoms with E-state index in [1.807, 2.05) is 48.5 Å². The lowest BCUT2D eigenvalue weighted by molar-refractivity contribution is -0.140. The molecule has 3 aromatic rings. The van der Waals surface area contributed by atoms with Crippen molar-refractivity contribution in [2.45, 2.75) is 32.5 Å². The maximum absolute atomic E-state index is 13.4. The summed E-state index contributed by atoms with van der Waals surface area (Å²) in [5, 5.41) is 2.92. The second-order valence-electron chi connectivity index (χ2n) is 7.62. The van der Waals surface area contributed by atoms with Crippen molar-refractivity contribution in [3.8, 4) is 11.5 Å². The van der Waals surface area contributed by atoms with Gasteiger partial charge < -0.3 is 19.7 Å². The second-order valence-corrected chi connectivity index (χ2v) is 7.62. The fraction of sp³-hybridized carbons (Fsp3) is 0.269. The van der Waals surface area contributed by atoms with E-state index in [9.17, 15) is 9.59 Å². The molecule has 0 aliphatic heterocycles. The number of hydrogen-bond acceptors (Lipinski definition) is 5. The van der Waals surface area contributed by atoms with Gasteiger partial charge in [0.2, 0.25) is 11.8 Å². The second kappa shape index (κ2) is 11.7. The Labute approximate surface area is 194 Å². The Kier molecular flexibility index (Phi) is 8.41. The number of hydrogen-bond donors (Lipinski definition) is 1. The van der Waals surface area contributed by atoms with Gasteiger partial charge >= 0.3 is 0 Å². The average molecular weight is 448 g/mol. The van der Waals surface area contributed by atoms with Crippen LogP contribution >= 0.6 is 0 Å². The van der Waals surface area contributed by atoms with Gasteiger partial charge in [-0.15, -0.1) is 0 Å². The zero-order chi connectivity index (χ0) is 23.6. The van der Waals surface area contributed by atoms with Gasteiger partial charge in [0.1, 0.15) is 6.04 Å². The molecule has 0 radical (unpaired) electrons. The molecule has 0 saturated heterocycles. The summed E-state index contributed by atoms with van der Waals surface area (Å²) < 4.78 is 10.6. The Morgan fingerprint density at radius 2 is 1.61 bits per heavy atom. The van der Waals surface area contributed by atoms with Crippen LogP contribution in [0.5, 0.6) is 11.5 Å². The summed E-state index contributed by atoms with van der Waals surface area (Å²) in [5.74, 6) is 0.778. The summed E-state index contributed by atoms with van der Waals surface area (Å²) in [6.45, 7) is 2.45. The molecule has 0 saturated carbocycles. The summed E-state index contributed by atoms with van der Waals surface area (Å²) in [6.07, 6.45) is 3.49. The van der Waals surface area contributed by atoms with Crippen LogP contribution in [-0.4, -0.2) is 42.0 Å². The third kappa shape index (κ3) is 6.55. The molecule has 1 heterocycles. The monoisotopic (exact) mass is 447 g/mol. The number of ether oxygens (including phenoxy) is 2. The molecule has 0 fully saturated rings. The summed E-state index contributed by atoms with van der Waals surface area (Å²) in [4.78, 5) is 31.9. The van der Waals surface area contributed by atoms with E-state index in [4.69, 9.17) is 9.47 Å². The van der Waals surface area contributed by atoms with Gasteiger partial charge in [-0.2, -0.15) is 0 Å². The molecule has 1 N–H and O–H groups in total. The van der Waals surface area contributed by atoms with Crippen LogP contribution in [0.3, 0.4) is 0 Å². The van der Waals surface area contributed by atoms with E-state index in [0.29, 0.717) is 24.6 Å². The molecule has 1 atom stereocenters. The van der Waals surface area contributed by atoms with Crippen LogP contribution in [0.25, 0.3) is 0 Å². The largest absolute Gasteiger partial charge is 0.493 e. The molecule has 2 aromatic carbocycles. The Bertz CT molecular complexity index is 1060. The topological polar surface area (TPSA) is 80.8 Å². The smallest absolute Gasteiger partial charge is 0.242 e. The predicted molar refractivity (Wildman–Crippen MR) is 126 cm³/mol. The lowest BCUT2D eigenvalue weighted by Crippen LogP contribution is -2.48. The SMILES string of the molecule is COc1ccc(CC(=O)N(Cc2ccccc2)[C@H](C)C(=O)NCc2ccncc2)cc1OC. The van der Waals surface area contributed by atoms with Gasteiger partial charge in [0.05, 0.1) is 20.6 Å². The molecule has 0 aliphatic carbocycles. The van der Waals surface area contributed by atoms with Crippen molar-refractivity contribution in [1.82, 2.24) is 15.2 Å². The quantitative estimate of drug-likeness (QED) is 0.515. The van der Waals surface area contributed by atoms with Crippen LogP contribution < -0.4 is 14.8 Å². The van der Waals surface area contributed by atoms with E-state index in [2.05, 4.69) is 10.3 Å². The Morgan fingerprint density at radius 1 is 0.909 bits per heavy atom. The molecule has 0 unspecified atom stereocenters. The fourth-order valence-corrected chi connectivity index (χ4v) is 3.47. The van der Waals surface area contributed by atoms with Crippen LogP contribution in [-0.2, 0) is 29.1 Å². The number of carbonyl (C=O) groups is 2. The van der Waals surface area contributed by atoms with Crippen molar-refractivity contribution in [3.05, 3.63) is 89.7 Å². The van der Waals surface area contributed by atoms with Crippen LogP contribution in [0.1, 0.15) is 23.6 Å². The van der Waals surface area contributed by atoms with Crippen LogP contribution in [0, 0.1) is 0 Å². The number of pyridine rings is 1. The highest BCUT2D eigenvalue weighted by atomic mass is 16.5. The highest BCUT2D eigenvalue weighted by molar-refractivity contribution is 5.88. The first-order valence-electron chi connectivity index (χ1n) is 10.7. The van der Waals surface area contributed by atoms with Gasteiger partial charge in [0.25, 0.3) is 0 Å². The third-order valence-electron chi connectivity index (χ3n) is 5.38. The van der Waals surface area contributed by atoms with E-state index in [-0.39, 0.29) is 18.2 Å². The number of aromatic nitrogens is 1. The highest BCUT2D eigenvalue weighted by Crippen LogP contribution is 2.28. The molecule has 172 valence electrons. The number of carbonyl (C=O) groups excluding carboxylic acids is 2. The number of rotatable bonds is 10. The van der Waals surface area contributed by atoms with Crippen molar-refractivity contribution < 1.29 is 19.1 Å². The van der Waals surface area contributed by atoms with Crippen molar-refractivity contribution in [2.75, 3.05) is 14.2 Å². The molecule has 0 spiro atoms. The summed E-state index contributed by atoms with van der Waals surface area (Å²) in [6, 6.07) is 18.1.